The van der Waals surface area contributed by atoms with Crippen molar-refractivity contribution in [1.29, 1.82) is 0 Å². The number of amides is 1. The van der Waals surface area contributed by atoms with Crippen LogP contribution in [0.5, 0.6) is 5.75 Å². The van der Waals surface area contributed by atoms with Gasteiger partial charge in [0.15, 0.2) is 5.43 Å². The SMILES string of the molecule is CCCOc1ccc(C2c3c(oc4c(C)cc(C)cc4c3=O)C(=O)N2Cc2ccccc2Cl)cc1. The average molecular weight is 488 g/mol. The maximum atomic E-state index is 13.8. The molecule has 1 unspecified atom stereocenters. The Morgan fingerprint density at radius 3 is 2.49 bits per heavy atom. The van der Waals surface area contributed by atoms with E-state index in [4.69, 9.17) is 20.8 Å². The largest absolute Gasteiger partial charge is 0.494 e. The molecule has 0 saturated carbocycles. The van der Waals surface area contributed by atoms with Gasteiger partial charge < -0.3 is 14.1 Å². The fourth-order valence-electron chi connectivity index (χ4n) is 4.76. The van der Waals surface area contributed by atoms with Gasteiger partial charge in [0.25, 0.3) is 5.91 Å². The minimum atomic E-state index is -0.601. The number of carbonyl (C=O) groups excluding carboxylic acids is 1. The van der Waals surface area contributed by atoms with Crippen molar-refractivity contribution in [3.63, 3.8) is 0 Å². The number of rotatable bonds is 6. The second kappa shape index (κ2) is 9.23. The Kier molecular flexibility index (Phi) is 6.12. The maximum absolute atomic E-state index is 13.8. The van der Waals surface area contributed by atoms with Crippen molar-refractivity contribution in [1.82, 2.24) is 4.90 Å². The number of nitrogens with zero attached hydrogens (tertiary/aromatic N) is 1. The molecule has 3 aromatic carbocycles. The summed E-state index contributed by atoms with van der Waals surface area (Å²) < 4.78 is 11.9. The summed E-state index contributed by atoms with van der Waals surface area (Å²) in [4.78, 5) is 29.2. The maximum Gasteiger partial charge on any atom is 0.291 e. The second-order valence-electron chi connectivity index (χ2n) is 8.98. The van der Waals surface area contributed by atoms with Gasteiger partial charge in [0.2, 0.25) is 5.76 Å². The highest BCUT2D eigenvalue weighted by Crippen LogP contribution is 2.40. The van der Waals surface area contributed by atoms with E-state index in [-0.39, 0.29) is 23.6 Å². The van der Waals surface area contributed by atoms with Crippen molar-refractivity contribution >= 4 is 28.5 Å². The molecule has 6 heteroatoms. The van der Waals surface area contributed by atoms with Gasteiger partial charge in [-0.3, -0.25) is 9.59 Å². The fraction of sp³-hybridized carbons (Fsp3) is 0.241. The molecule has 5 nitrogen and oxygen atoms in total. The molecule has 5 rings (SSSR count). The number of halogens is 1. The lowest BCUT2D eigenvalue weighted by molar-refractivity contribution is 0.0714. The lowest BCUT2D eigenvalue weighted by Crippen LogP contribution is -2.29. The second-order valence-corrected chi connectivity index (χ2v) is 9.38. The summed E-state index contributed by atoms with van der Waals surface area (Å²) >= 11 is 6.44. The summed E-state index contributed by atoms with van der Waals surface area (Å²) in [6, 6.07) is 18.1. The first kappa shape index (κ1) is 23.2. The van der Waals surface area contributed by atoms with E-state index in [1.807, 2.05) is 68.4 Å². The van der Waals surface area contributed by atoms with E-state index in [2.05, 4.69) is 6.92 Å². The average Bonchev–Trinajstić information content (AvgIpc) is 3.12. The number of carbonyl (C=O) groups is 1. The van der Waals surface area contributed by atoms with Crippen LogP contribution in [0, 0.1) is 13.8 Å². The minimum Gasteiger partial charge on any atom is -0.494 e. The van der Waals surface area contributed by atoms with E-state index in [0.29, 0.717) is 28.2 Å². The normalized spacial score (nSPS) is 15.0. The number of benzene rings is 3. The zero-order valence-electron chi connectivity index (χ0n) is 19.9. The lowest BCUT2D eigenvalue weighted by Gasteiger charge is -2.25. The Bertz CT molecular complexity index is 1490. The fourth-order valence-corrected chi connectivity index (χ4v) is 4.96. The Morgan fingerprint density at radius 1 is 1.03 bits per heavy atom. The molecule has 4 aromatic rings. The minimum absolute atomic E-state index is 0.0952. The smallest absolute Gasteiger partial charge is 0.291 e. The number of aryl methyl sites for hydroxylation is 2. The molecule has 1 aromatic heterocycles. The Labute approximate surface area is 208 Å². The summed E-state index contributed by atoms with van der Waals surface area (Å²) in [6.45, 7) is 6.75. The van der Waals surface area contributed by atoms with Gasteiger partial charge in [-0.1, -0.05) is 54.9 Å². The molecule has 1 aliphatic rings. The van der Waals surface area contributed by atoms with Crippen LogP contribution in [0.1, 0.15) is 57.8 Å². The molecule has 0 aliphatic carbocycles. The monoisotopic (exact) mass is 487 g/mol. The molecule has 2 heterocycles. The molecule has 1 atom stereocenters. The van der Waals surface area contributed by atoms with Gasteiger partial charge in [0.1, 0.15) is 11.3 Å². The zero-order chi connectivity index (χ0) is 24.7. The third kappa shape index (κ3) is 4.10. The van der Waals surface area contributed by atoms with E-state index in [1.54, 1.807) is 11.0 Å². The lowest BCUT2D eigenvalue weighted by atomic mass is 9.97. The van der Waals surface area contributed by atoms with Crippen molar-refractivity contribution in [3.05, 3.63) is 109 Å². The topological polar surface area (TPSA) is 59.8 Å². The van der Waals surface area contributed by atoms with Crippen molar-refractivity contribution < 1.29 is 13.9 Å². The third-order valence-electron chi connectivity index (χ3n) is 6.36. The van der Waals surface area contributed by atoms with Crippen LogP contribution in [0.25, 0.3) is 11.0 Å². The van der Waals surface area contributed by atoms with Gasteiger partial charge in [0.05, 0.1) is 23.6 Å². The van der Waals surface area contributed by atoms with Gasteiger partial charge in [-0.2, -0.15) is 0 Å². The number of ether oxygens (including phenoxy) is 1. The number of hydrogen-bond donors (Lipinski definition) is 0. The van der Waals surface area contributed by atoms with Crippen LogP contribution in [-0.2, 0) is 6.54 Å². The molecule has 178 valence electrons. The van der Waals surface area contributed by atoms with Gasteiger partial charge in [-0.25, -0.2) is 0 Å². The first-order valence-corrected chi connectivity index (χ1v) is 12.1. The van der Waals surface area contributed by atoms with Crippen LogP contribution in [0.3, 0.4) is 0 Å². The first-order chi connectivity index (χ1) is 16.9. The van der Waals surface area contributed by atoms with E-state index in [9.17, 15) is 9.59 Å². The highest BCUT2D eigenvalue weighted by molar-refractivity contribution is 6.31. The van der Waals surface area contributed by atoms with Crippen LogP contribution in [-0.4, -0.2) is 17.4 Å². The highest BCUT2D eigenvalue weighted by atomic mass is 35.5. The van der Waals surface area contributed by atoms with Crippen LogP contribution in [0.4, 0.5) is 0 Å². The predicted molar refractivity (Wildman–Crippen MR) is 137 cm³/mol. The van der Waals surface area contributed by atoms with E-state index >= 15 is 0 Å². The molecule has 35 heavy (non-hydrogen) atoms. The summed E-state index contributed by atoms with van der Waals surface area (Å²) in [5, 5.41) is 1.05. The third-order valence-corrected chi connectivity index (χ3v) is 6.73. The van der Waals surface area contributed by atoms with E-state index in [1.165, 1.54) is 0 Å². The molecule has 0 bridgehead atoms. The Hall–Kier alpha value is -3.57. The number of fused-ring (bicyclic) bond motifs is 2. The molecule has 0 spiro atoms. The zero-order valence-corrected chi connectivity index (χ0v) is 20.7. The van der Waals surface area contributed by atoms with Crippen molar-refractivity contribution in [2.45, 2.75) is 39.8 Å². The Balaban J connectivity index is 1.69. The molecule has 1 amide bonds. The molecule has 0 N–H and O–H groups in total. The van der Waals surface area contributed by atoms with Crippen LogP contribution < -0.4 is 10.2 Å². The summed E-state index contributed by atoms with van der Waals surface area (Å²) in [7, 11) is 0. The van der Waals surface area contributed by atoms with Gasteiger partial charge >= 0.3 is 0 Å². The van der Waals surface area contributed by atoms with Crippen LogP contribution >= 0.6 is 11.6 Å². The number of hydrogen-bond acceptors (Lipinski definition) is 4. The van der Waals surface area contributed by atoms with Crippen LogP contribution in [0.2, 0.25) is 5.02 Å². The standard InChI is InChI=1S/C29H26ClNO4/c1-4-13-34-21-11-9-19(10-12-21)25-24-26(32)22-15-17(2)14-18(3)27(22)35-28(24)29(33)31(25)16-20-7-5-6-8-23(20)30/h5-12,14-15,25H,4,13,16H2,1-3H3. The summed E-state index contributed by atoms with van der Waals surface area (Å²) in [5.74, 6) is 0.516. The Morgan fingerprint density at radius 2 is 1.77 bits per heavy atom. The van der Waals surface area contributed by atoms with Gasteiger partial charge in [-0.15, -0.1) is 0 Å². The predicted octanol–water partition coefficient (Wildman–Crippen LogP) is 6.60. The molecular formula is C29H26ClNO4. The first-order valence-electron chi connectivity index (χ1n) is 11.7. The van der Waals surface area contributed by atoms with Crippen molar-refractivity contribution in [2.24, 2.45) is 0 Å². The molecular weight excluding hydrogens is 462 g/mol. The summed E-state index contributed by atoms with van der Waals surface area (Å²) in [5.41, 5.74) is 4.03. The molecule has 0 fully saturated rings. The van der Waals surface area contributed by atoms with E-state index < -0.39 is 6.04 Å². The van der Waals surface area contributed by atoms with Crippen molar-refractivity contribution in [3.8, 4) is 5.75 Å². The van der Waals surface area contributed by atoms with Gasteiger partial charge in [-0.05, 0) is 66.8 Å². The van der Waals surface area contributed by atoms with Crippen LogP contribution in [0.15, 0.2) is 69.9 Å². The summed E-state index contributed by atoms with van der Waals surface area (Å²) in [6.07, 6.45) is 0.908. The van der Waals surface area contributed by atoms with Gasteiger partial charge in [0, 0.05) is 11.6 Å². The molecule has 0 saturated heterocycles. The van der Waals surface area contributed by atoms with E-state index in [0.717, 1.165) is 34.4 Å². The molecule has 1 aliphatic heterocycles. The van der Waals surface area contributed by atoms with Crippen molar-refractivity contribution in [2.75, 3.05) is 6.61 Å². The molecule has 0 radical (unpaired) electrons. The quantitative estimate of drug-likeness (QED) is 0.307. The highest BCUT2D eigenvalue weighted by Gasteiger charge is 2.43.